The van der Waals surface area contributed by atoms with Crippen molar-refractivity contribution < 1.29 is 9.90 Å². The summed E-state index contributed by atoms with van der Waals surface area (Å²) in [4.78, 5) is 13.4. The zero-order chi connectivity index (χ0) is 13.0. The van der Waals surface area contributed by atoms with Crippen molar-refractivity contribution in [2.24, 2.45) is 0 Å². The van der Waals surface area contributed by atoms with Gasteiger partial charge >= 0.3 is 5.97 Å². The summed E-state index contributed by atoms with van der Waals surface area (Å²) in [5.41, 5.74) is 2.42. The lowest BCUT2D eigenvalue weighted by Crippen LogP contribution is -2.22. The first kappa shape index (κ1) is 13.6. The van der Waals surface area contributed by atoms with Gasteiger partial charge in [-0.2, -0.15) is 0 Å². The highest BCUT2D eigenvalue weighted by atomic mass is 16.4. The average Bonchev–Trinajstić information content (AvgIpc) is 2.30. The Balaban J connectivity index is 3.22. The maximum Gasteiger partial charge on any atom is 0.335 e. The summed E-state index contributed by atoms with van der Waals surface area (Å²) in [5.74, 6) is -0.628. The van der Waals surface area contributed by atoms with Crippen molar-refractivity contribution in [3.63, 3.8) is 0 Å². The van der Waals surface area contributed by atoms with Gasteiger partial charge in [0.25, 0.3) is 0 Å². The van der Waals surface area contributed by atoms with E-state index >= 15 is 0 Å². The first-order chi connectivity index (χ1) is 8.01. The highest BCUT2D eigenvalue weighted by Crippen LogP contribution is 2.25. The van der Waals surface area contributed by atoms with Crippen LogP contribution in [0, 0.1) is 0 Å². The summed E-state index contributed by atoms with van der Waals surface area (Å²) in [6.45, 7) is 10.1. The molecule has 0 unspecified atom stereocenters. The molecule has 1 rings (SSSR count). The largest absolute Gasteiger partial charge is 0.478 e. The summed E-state index contributed by atoms with van der Waals surface area (Å²) in [7, 11) is 0. The molecule has 1 aromatic rings. The van der Waals surface area contributed by atoms with Crippen molar-refractivity contribution in [2.45, 2.75) is 33.6 Å². The number of anilines is 1. The fourth-order valence-electron chi connectivity index (χ4n) is 2.01. The van der Waals surface area contributed by atoms with E-state index in [-0.39, 0.29) is 5.92 Å². The Hall–Kier alpha value is -1.51. The molecule has 0 fully saturated rings. The molecule has 1 N–H and O–H groups in total. The van der Waals surface area contributed by atoms with Crippen molar-refractivity contribution in [1.29, 1.82) is 0 Å². The highest BCUT2D eigenvalue weighted by Gasteiger charge is 2.14. The predicted octanol–water partition coefficient (Wildman–Crippen LogP) is 3.35. The van der Waals surface area contributed by atoms with Crippen LogP contribution >= 0.6 is 0 Å². The zero-order valence-electron chi connectivity index (χ0n) is 11.0. The molecule has 0 heterocycles. The van der Waals surface area contributed by atoms with Gasteiger partial charge < -0.3 is 10.0 Å². The van der Waals surface area contributed by atoms with E-state index < -0.39 is 5.97 Å². The van der Waals surface area contributed by atoms with Crippen LogP contribution in [0.15, 0.2) is 18.2 Å². The minimum atomic E-state index is -0.847. The molecular weight excluding hydrogens is 214 g/mol. The summed E-state index contributed by atoms with van der Waals surface area (Å²) < 4.78 is 0. The van der Waals surface area contributed by atoms with Crippen LogP contribution in [-0.2, 0) is 0 Å². The molecular formula is C14H21NO2. The van der Waals surface area contributed by atoms with E-state index in [4.69, 9.17) is 5.11 Å². The SMILES string of the molecule is CCN(CC)c1ccc(C(=O)O)c(C(C)C)c1. The van der Waals surface area contributed by atoms with E-state index in [0.29, 0.717) is 5.56 Å². The Morgan fingerprint density at radius 3 is 2.29 bits per heavy atom. The smallest absolute Gasteiger partial charge is 0.335 e. The molecule has 3 nitrogen and oxygen atoms in total. The topological polar surface area (TPSA) is 40.5 Å². The number of aromatic carboxylic acids is 1. The van der Waals surface area contributed by atoms with Crippen molar-refractivity contribution in [3.8, 4) is 0 Å². The number of rotatable bonds is 5. The lowest BCUT2D eigenvalue weighted by molar-refractivity contribution is 0.0695. The van der Waals surface area contributed by atoms with Crippen molar-refractivity contribution in [2.75, 3.05) is 18.0 Å². The van der Waals surface area contributed by atoms with Gasteiger partial charge in [0.05, 0.1) is 5.56 Å². The second-order valence-corrected chi connectivity index (χ2v) is 4.40. The molecule has 0 aliphatic heterocycles. The molecule has 0 aliphatic rings. The van der Waals surface area contributed by atoms with Crippen LogP contribution in [-0.4, -0.2) is 24.2 Å². The minimum Gasteiger partial charge on any atom is -0.478 e. The zero-order valence-corrected chi connectivity index (χ0v) is 11.0. The minimum absolute atomic E-state index is 0.219. The Labute approximate surface area is 103 Å². The van der Waals surface area contributed by atoms with E-state index in [0.717, 1.165) is 24.3 Å². The standard InChI is InChI=1S/C14H21NO2/c1-5-15(6-2)11-7-8-12(14(16)17)13(9-11)10(3)4/h7-10H,5-6H2,1-4H3,(H,16,17). The fraction of sp³-hybridized carbons (Fsp3) is 0.500. The van der Waals surface area contributed by atoms with Gasteiger partial charge in [-0.1, -0.05) is 13.8 Å². The van der Waals surface area contributed by atoms with E-state index in [9.17, 15) is 4.79 Å². The lowest BCUT2D eigenvalue weighted by Gasteiger charge is -2.23. The number of carboxylic acids is 1. The Bertz CT molecular complexity index is 395. The number of carboxylic acid groups (broad SMARTS) is 1. The van der Waals surface area contributed by atoms with Crippen LogP contribution in [0.5, 0.6) is 0 Å². The lowest BCUT2D eigenvalue weighted by atomic mass is 9.96. The molecule has 0 atom stereocenters. The highest BCUT2D eigenvalue weighted by molar-refractivity contribution is 5.90. The average molecular weight is 235 g/mol. The number of nitrogens with zero attached hydrogens (tertiary/aromatic N) is 1. The molecule has 0 amide bonds. The first-order valence-electron chi connectivity index (χ1n) is 6.13. The number of hydrogen-bond acceptors (Lipinski definition) is 2. The molecule has 0 radical (unpaired) electrons. The molecule has 0 aromatic heterocycles. The monoisotopic (exact) mass is 235 g/mol. The molecule has 0 aliphatic carbocycles. The van der Waals surface area contributed by atoms with Crippen molar-refractivity contribution >= 4 is 11.7 Å². The third-order valence-corrected chi connectivity index (χ3v) is 3.02. The van der Waals surface area contributed by atoms with Crippen LogP contribution < -0.4 is 4.90 Å². The van der Waals surface area contributed by atoms with E-state index in [1.807, 2.05) is 26.0 Å². The number of hydrogen-bond donors (Lipinski definition) is 1. The molecule has 0 bridgehead atoms. The van der Waals surface area contributed by atoms with Crippen LogP contribution in [0.3, 0.4) is 0 Å². The van der Waals surface area contributed by atoms with Gasteiger partial charge in [-0.15, -0.1) is 0 Å². The van der Waals surface area contributed by atoms with E-state index in [1.165, 1.54) is 0 Å². The Morgan fingerprint density at radius 1 is 1.29 bits per heavy atom. The van der Waals surface area contributed by atoms with Gasteiger partial charge in [0.1, 0.15) is 0 Å². The van der Waals surface area contributed by atoms with Gasteiger partial charge in [-0.3, -0.25) is 0 Å². The van der Waals surface area contributed by atoms with Gasteiger partial charge in [0.2, 0.25) is 0 Å². The van der Waals surface area contributed by atoms with Crippen LogP contribution in [0.2, 0.25) is 0 Å². The summed E-state index contributed by atoms with van der Waals surface area (Å²) in [6.07, 6.45) is 0. The fourth-order valence-corrected chi connectivity index (χ4v) is 2.01. The molecule has 17 heavy (non-hydrogen) atoms. The third kappa shape index (κ3) is 2.99. The first-order valence-corrected chi connectivity index (χ1v) is 6.13. The maximum atomic E-state index is 11.1. The summed E-state index contributed by atoms with van der Waals surface area (Å²) >= 11 is 0. The molecule has 3 heteroatoms. The third-order valence-electron chi connectivity index (χ3n) is 3.02. The van der Waals surface area contributed by atoms with Gasteiger partial charge in [0.15, 0.2) is 0 Å². The van der Waals surface area contributed by atoms with Crippen molar-refractivity contribution in [1.82, 2.24) is 0 Å². The summed E-state index contributed by atoms with van der Waals surface area (Å²) in [5, 5.41) is 9.14. The molecule has 0 saturated carbocycles. The van der Waals surface area contributed by atoms with Crippen LogP contribution in [0.4, 0.5) is 5.69 Å². The Morgan fingerprint density at radius 2 is 1.88 bits per heavy atom. The van der Waals surface area contributed by atoms with Crippen molar-refractivity contribution in [3.05, 3.63) is 29.3 Å². The van der Waals surface area contributed by atoms with E-state index in [1.54, 1.807) is 6.07 Å². The number of carbonyl (C=O) groups is 1. The molecule has 1 aromatic carbocycles. The molecule has 0 saturated heterocycles. The van der Waals surface area contributed by atoms with E-state index in [2.05, 4.69) is 18.7 Å². The second-order valence-electron chi connectivity index (χ2n) is 4.40. The quantitative estimate of drug-likeness (QED) is 0.850. The second kappa shape index (κ2) is 5.71. The van der Waals surface area contributed by atoms with Gasteiger partial charge in [-0.05, 0) is 43.5 Å². The molecule has 94 valence electrons. The van der Waals surface area contributed by atoms with Gasteiger partial charge in [-0.25, -0.2) is 4.79 Å². The maximum absolute atomic E-state index is 11.1. The van der Waals surface area contributed by atoms with Gasteiger partial charge in [0, 0.05) is 18.8 Å². The Kier molecular flexibility index (Phi) is 4.55. The molecule has 0 spiro atoms. The van der Waals surface area contributed by atoms with Crippen LogP contribution in [0.1, 0.15) is 49.5 Å². The normalized spacial score (nSPS) is 10.6. The predicted molar refractivity (Wildman–Crippen MR) is 71.1 cm³/mol. The number of benzene rings is 1. The van der Waals surface area contributed by atoms with Crippen LogP contribution in [0.25, 0.3) is 0 Å². The summed E-state index contributed by atoms with van der Waals surface area (Å²) in [6, 6.07) is 5.61.